The molecule has 1 saturated carbocycles. The van der Waals surface area contributed by atoms with Crippen molar-refractivity contribution >= 4 is 11.6 Å². The highest BCUT2D eigenvalue weighted by atomic mass is 16.5. The first-order chi connectivity index (χ1) is 9.18. The minimum Gasteiger partial charge on any atom is -0.482 e. The summed E-state index contributed by atoms with van der Waals surface area (Å²) in [5, 5.41) is 0. The number of hydrogen-bond donors (Lipinski definition) is 1. The number of benzene rings is 1. The van der Waals surface area contributed by atoms with Gasteiger partial charge in [-0.2, -0.15) is 0 Å². The standard InChI is InChI=1S/C15H22N2O2/c1-17(12-7-3-2-4-8-12)15(18)11-19-14-10-6-5-9-13(14)16/h5-6,9-10,12H,2-4,7-8,11,16H2,1H3. The van der Waals surface area contributed by atoms with Crippen LogP contribution < -0.4 is 10.5 Å². The third-order valence-electron chi connectivity index (χ3n) is 3.79. The number of nitrogens with zero attached hydrogens (tertiary/aromatic N) is 1. The van der Waals surface area contributed by atoms with Gasteiger partial charge >= 0.3 is 0 Å². The highest BCUT2D eigenvalue weighted by Crippen LogP contribution is 2.22. The van der Waals surface area contributed by atoms with Crippen molar-refractivity contribution in [3.8, 4) is 5.75 Å². The Bertz CT molecular complexity index is 428. The molecule has 0 radical (unpaired) electrons. The van der Waals surface area contributed by atoms with Crippen molar-refractivity contribution < 1.29 is 9.53 Å². The van der Waals surface area contributed by atoms with Crippen LogP contribution in [-0.2, 0) is 4.79 Å². The summed E-state index contributed by atoms with van der Waals surface area (Å²) in [6, 6.07) is 7.62. The molecule has 2 N–H and O–H groups in total. The van der Waals surface area contributed by atoms with Crippen LogP contribution in [-0.4, -0.2) is 30.5 Å². The molecule has 0 atom stereocenters. The first-order valence-electron chi connectivity index (χ1n) is 6.91. The van der Waals surface area contributed by atoms with E-state index in [-0.39, 0.29) is 12.5 Å². The Kier molecular flexibility index (Phi) is 4.66. The number of nitrogens with two attached hydrogens (primary N) is 1. The van der Waals surface area contributed by atoms with Gasteiger partial charge in [0.25, 0.3) is 5.91 Å². The second-order valence-corrected chi connectivity index (χ2v) is 5.12. The van der Waals surface area contributed by atoms with Gasteiger partial charge < -0.3 is 15.4 Å². The Balaban J connectivity index is 1.85. The minimum absolute atomic E-state index is 0.0233. The second kappa shape index (κ2) is 6.45. The van der Waals surface area contributed by atoms with E-state index >= 15 is 0 Å². The number of carbonyl (C=O) groups is 1. The monoisotopic (exact) mass is 262 g/mol. The zero-order valence-electron chi connectivity index (χ0n) is 11.5. The molecule has 104 valence electrons. The van der Waals surface area contributed by atoms with Crippen LogP contribution in [0.2, 0.25) is 0 Å². The Labute approximate surface area is 114 Å². The number of anilines is 1. The minimum atomic E-state index is 0.0233. The third kappa shape index (κ3) is 3.63. The molecule has 0 aromatic heterocycles. The number of carbonyl (C=O) groups excluding carboxylic acids is 1. The Morgan fingerprint density at radius 2 is 2.00 bits per heavy atom. The number of para-hydroxylation sites is 2. The SMILES string of the molecule is CN(C(=O)COc1ccccc1N)C1CCCCC1. The molecule has 0 aliphatic heterocycles. The zero-order valence-corrected chi connectivity index (χ0v) is 11.5. The lowest BCUT2D eigenvalue weighted by Crippen LogP contribution is -2.40. The van der Waals surface area contributed by atoms with Crippen molar-refractivity contribution in [3.05, 3.63) is 24.3 Å². The number of likely N-dealkylation sites (N-methyl/N-ethyl adjacent to an activating group) is 1. The molecule has 0 spiro atoms. The summed E-state index contributed by atoms with van der Waals surface area (Å²) in [4.78, 5) is 13.9. The molecule has 0 heterocycles. The average molecular weight is 262 g/mol. The molecule has 1 aliphatic rings. The lowest BCUT2D eigenvalue weighted by molar-refractivity contribution is -0.134. The van der Waals surface area contributed by atoms with Gasteiger partial charge in [-0.15, -0.1) is 0 Å². The van der Waals surface area contributed by atoms with Gasteiger partial charge in [0, 0.05) is 13.1 Å². The fraction of sp³-hybridized carbons (Fsp3) is 0.533. The van der Waals surface area contributed by atoms with Gasteiger partial charge in [0.2, 0.25) is 0 Å². The van der Waals surface area contributed by atoms with Crippen molar-refractivity contribution in [1.82, 2.24) is 4.90 Å². The molecule has 1 aromatic carbocycles. The topological polar surface area (TPSA) is 55.6 Å². The van der Waals surface area contributed by atoms with Crippen LogP contribution in [0.1, 0.15) is 32.1 Å². The number of hydrogen-bond acceptors (Lipinski definition) is 3. The largest absolute Gasteiger partial charge is 0.482 e. The van der Waals surface area contributed by atoms with Crippen LogP contribution in [0.5, 0.6) is 5.75 Å². The van der Waals surface area contributed by atoms with Crippen LogP contribution >= 0.6 is 0 Å². The molecular formula is C15H22N2O2. The Morgan fingerprint density at radius 3 is 2.68 bits per heavy atom. The molecule has 0 bridgehead atoms. The maximum atomic E-state index is 12.1. The number of rotatable bonds is 4. The van der Waals surface area contributed by atoms with E-state index in [2.05, 4.69) is 0 Å². The maximum absolute atomic E-state index is 12.1. The fourth-order valence-electron chi connectivity index (χ4n) is 2.53. The summed E-state index contributed by atoms with van der Waals surface area (Å²) in [5.74, 6) is 0.600. The van der Waals surface area contributed by atoms with Crippen LogP contribution in [0.25, 0.3) is 0 Å². The Hall–Kier alpha value is -1.71. The van der Waals surface area contributed by atoms with E-state index in [0.29, 0.717) is 17.5 Å². The first-order valence-corrected chi connectivity index (χ1v) is 6.91. The van der Waals surface area contributed by atoms with Gasteiger partial charge in [0.15, 0.2) is 6.61 Å². The maximum Gasteiger partial charge on any atom is 0.260 e. The van der Waals surface area contributed by atoms with E-state index < -0.39 is 0 Å². The van der Waals surface area contributed by atoms with Gasteiger partial charge in [0.05, 0.1) is 5.69 Å². The highest BCUT2D eigenvalue weighted by Gasteiger charge is 2.22. The van der Waals surface area contributed by atoms with Crippen molar-refractivity contribution in [3.63, 3.8) is 0 Å². The average Bonchev–Trinajstić information content (AvgIpc) is 2.46. The van der Waals surface area contributed by atoms with Gasteiger partial charge in [-0.1, -0.05) is 31.4 Å². The van der Waals surface area contributed by atoms with Crippen molar-refractivity contribution in [2.24, 2.45) is 0 Å². The number of ether oxygens (including phenoxy) is 1. The first kappa shape index (κ1) is 13.7. The van der Waals surface area contributed by atoms with Crippen molar-refractivity contribution in [2.45, 2.75) is 38.1 Å². The van der Waals surface area contributed by atoms with E-state index in [1.165, 1.54) is 19.3 Å². The molecule has 0 saturated heterocycles. The fourth-order valence-corrected chi connectivity index (χ4v) is 2.53. The van der Waals surface area contributed by atoms with Crippen LogP contribution in [0.3, 0.4) is 0 Å². The molecule has 1 amide bonds. The summed E-state index contributed by atoms with van der Waals surface area (Å²) in [7, 11) is 1.87. The second-order valence-electron chi connectivity index (χ2n) is 5.12. The normalized spacial score (nSPS) is 16.1. The molecule has 1 aliphatic carbocycles. The summed E-state index contributed by atoms with van der Waals surface area (Å²) in [6.45, 7) is 0.0568. The van der Waals surface area contributed by atoms with Crippen LogP contribution in [0.4, 0.5) is 5.69 Å². The van der Waals surface area contributed by atoms with Gasteiger partial charge in [-0.3, -0.25) is 4.79 Å². The molecule has 0 unspecified atom stereocenters. The molecule has 4 nitrogen and oxygen atoms in total. The van der Waals surface area contributed by atoms with Crippen LogP contribution in [0.15, 0.2) is 24.3 Å². The molecule has 19 heavy (non-hydrogen) atoms. The predicted octanol–water partition coefficient (Wildman–Crippen LogP) is 2.44. The highest BCUT2D eigenvalue weighted by molar-refractivity contribution is 5.78. The van der Waals surface area contributed by atoms with Gasteiger partial charge in [-0.25, -0.2) is 0 Å². The molecule has 1 fully saturated rings. The summed E-state index contributed by atoms with van der Waals surface area (Å²) in [6.07, 6.45) is 5.94. The summed E-state index contributed by atoms with van der Waals surface area (Å²) >= 11 is 0. The lowest BCUT2D eigenvalue weighted by Gasteiger charge is -2.31. The number of nitrogen functional groups attached to an aromatic ring is 1. The van der Waals surface area contributed by atoms with Gasteiger partial charge in [-0.05, 0) is 25.0 Å². The number of amides is 1. The zero-order chi connectivity index (χ0) is 13.7. The van der Waals surface area contributed by atoms with E-state index in [9.17, 15) is 4.79 Å². The quantitative estimate of drug-likeness (QED) is 0.848. The van der Waals surface area contributed by atoms with E-state index in [0.717, 1.165) is 12.8 Å². The lowest BCUT2D eigenvalue weighted by atomic mass is 9.94. The van der Waals surface area contributed by atoms with Crippen LogP contribution in [0, 0.1) is 0 Å². The van der Waals surface area contributed by atoms with E-state index in [1.54, 1.807) is 12.1 Å². The molecule has 2 rings (SSSR count). The molecule has 4 heteroatoms. The predicted molar refractivity (Wildman–Crippen MR) is 76.0 cm³/mol. The van der Waals surface area contributed by atoms with Gasteiger partial charge in [0.1, 0.15) is 5.75 Å². The smallest absolute Gasteiger partial charge is 0.260 e. The van der Waals surface area contributed by atoms with E-state index in [4.69, 9.17) is 10.5 Å². The molecular weight excluding hydrogens is 240 g/mol. The summed E-state index contributed by atoms with van der Waals surface area (Å²) in [5.41, 5.74) is 6.34. The van der Waals surface area contributed by atoms with E-state index in [1.807, 2.05) is 24.1 Å². The third-order valence-corrected chi connectivity index (χ3v) is 3.79. The summed E-state index contributed by atoms with van der Waals surface area (Å²) < 4.78 is 5.49. The van der Waals surface area contributed by atoms with Crippen molar-refractivity contribution in [2.75, 3.05) is 19.4 Å². The Morgan fingerprint density at radius 1 is 1.32 bits per heavy atom. The molecule has 1 aromatic rings. The van der Waals surface area contributed by atoms with Crippen molar-refractivity contribution in [1.29, 1.82) is 0 Å².